The molecule has 0 atom stereocenters. The van der Waals surface area contributed by atoms with Gasteiger partial charge in [0.25, 0.3) is 0 Å². The molecule has 26 heavy (non-hydrogen) atoms. The van der Waals surface area contributed by atoms with Crippen LogP contribution in [0.2, 0.25) is 0 Å². The van der Waals surface area contributed by atoms with Crippen molar-refractivity contribution in [2.75, 3.05) is 4.90 Å². The molecule has 3 rings (SSSR count). The van der Waals surface area contributed by atoms with E-state index in [1.807, 2.05) is 78.9 Å². The number of benzene rings is 3. The highest BCUT2D eigenvalue weighted by atomic mass is 16.4. The second-order valence-electron chi connectivity index (χ2n) is 5.40. The van der Waals surface area contributed by atoms with Gasteiger partial charge in [-0.25, -0.2) is 4.79 Å². The average Bonchev–Trinajstić information content (AvgIpc) is 2.64. The van der Waals surface area contributed by atoms with Gasteiger partial charge in [-0.2, -0.15) is 0 Å². The summed E-state index contributed by atoms with van der Waals surface area (Å²) in [5.74, 6) is -0.786. The standard InChI is InChI=1S/C13H12N2O.C8H8O2/c14-13(16)15(11-7-3-1-4-8-11)12-9-5-2-6-10-12;9-8(10)6-7-4-2-1-3-5-7/h1-10H,(H2,14,16);1-5H,6H2,(H,9,10). The summed E-state index contributed by atoms with van der Waals surface area (Å²) < 4.78 is 0. The number of primary amides is 1. The van der Waals surface area contributed by atoms with Crippen LogP contribution in [0, 0.1) is 0 Å². The molecule has 0 aliphatic carbocycles. The molecule has 132 valence electrons. The Morgan fingerprint density at radius 1 is 0.731 bits per heavy atom. The first-order valence-electron chi connectivity index (χ1n) is 8.03. The summed E-state index contributed by atoms with van der Waals surface area (Å²) in [5.41, 5.74) is 7.76. The van der Waals surface area contributed by atoms with Gasteiger partial charge >= 0.3 is 12.0 Å². The first-order chi connectivity index (χ1) is 12.6. The van der Waals surface area contributed by atoms with Gasteiger partial charge in [-0.1, -0.05) is 66.7 Å². The highest BCUT2D eigenvalue weighted by molar-refractivity contribution is 5.98. The van der Waals surface area contributed by atoms with E-state index < -0.39 is 12.0 Å². The highest BCUT2D eigenvalue weighted by Gasteiger charge is 2.13. The molecule has 2 amide bonds. The number of carbonyl (C=O) groups is 2. The molecular weight excluding hydrogens is 328 g/mol. The van der Waals surface area contributed by atoms with Crippen molar-refractivity contribution in [2.24, 2.45) is 5.73 Å². The first kappa shape index (κ1) is 18.7. The Morgan fingerprint density at radius 3 is 1.46 bits per heavy atom. The number of amides is 2. The van der Waals surface area contributed by atoms with E-state index in [2.05, 4.69) is 0 Å². The van der Waals surface area contributed by atoms with Crippen LogP contribution < -0.4 is 10.6 Å². The van der Waals surface area contributed by atoms with Gasteiger partial charge in [-0.05, 0) is 29.8 Å². The van der Waals surface area contributed by atoms with Crippen LogP contribution >= 0.6 is 0 Å². The van der Waals surface area contributed by atoms with Crippen LogP contribution in [0.25, 0.3) is 0 Å². The molecule has 0 aromatic heterocycles. The first-order valence-corrected chi connectivity index (χ1v) is 8.03. The van der Waals surface area contributed by atoms with Crippen LogP contribution in [-0.2, 0) is 11.2 Å². The molecule has 3 N–H and O–H groups in total. The van der Waals surface area contributed by atoms with Crippen LogP contribution in [-0.4, -0.2) is 17.1 Å². The summed E-state index contributed by atoms with van der Waals surface area (Å²) >= 11 is 0. The third kappa shape index (κ3) is 5.79. The van der Waals surface area contributed by atoms with Gasteiger partial charge in [0.05, 0.1) is 17.8 Å². The molecule has 0 radical (unpaired) electrons. The zero-order valence-electron chi connectivity index (χ0n) is 14.2. The fourth-order valence-electron chi connectivity index (χ4n) is 2.33. The number of carboxylic acids is 1. The molecule has 0 unspecified atom stereocenters. The molecule has 5 heteroatoms. The minimum Gasteiger partial charge on any atom is -0.481 e. The fraction of sp³-hybridized carbons (Fsp3) is 0.0476. The van der Waals surface area contributed by atoms with Crippen molar-refractivity contribution in [3.63, 3.8) is 0 Å². The maximum absolute atomic E-state index is 11.4. The molecule has 0 saturated carbocycles. The van der Waals surface area contributed by atoms with E-state index >= 15 is 0 Å². The maximum atomic E-state index is 11.4. The number of rotatable bonds is 4. The number of carbonyl (C=O) groups excluding carboxylic acids is 1. The molecule has 5 nitrogen and oxygen atoms in total. The van der Waals surface area contributed by atoms with Crippen molar-refractivity contribution in [1.29, 1.82) is 0 Å². The molecule has 0 heterocycles. The smallest absolute Gasteiger partial charge is 0.323 e. The van der Waals surface area contributed by atoms with Gasteiger partial charge in [-0.15, -0.1) is 0 Å². The lowest BCUT2D eigenvalue weighted by atomic mass is 10.2. The molecule has 0 saturated heterocycles. The van der Waals surface area contributed by atoms with Crippen LogP contribution in [0.15, 0.2) is 91.0 Å². The molecule has 3 aromatic rings. The zero-order chi connectivity index (χ0) is 18.8. The summed E-state index contributed by atoms with van der Waals surface area (Å²) in [6.07, 6.45) is 0.112. The summed E-state index contributed by atoms with van der Waals surface area (Å²) in [7, 11) is 0. The number of hydrogen-bond donors (Lipinski definition) is 2. The number of nitrogens with zero attached hydrogens (tertiary/aromatic N) is 1. The summed E-state index contributed by atoms with van der Waals surface area (Å²) in [4.78, 5) is 23.1. The summed E-state index contributed by atoms with van der Waals surface area (Å²) in [6.45, 7) is 0. The Hall–Kier alpha value is -3.60. The van der Waals surface area contributed by atoms with Crippen LogP contribution in [0.3, 0.4) is 0 Å². The van der Waals surface area contributed by atoms with Gasteiger partial charge in [0, 0.05) is 0 Å². The van der Waals surface area contributed by atoms with E-state index in [4.69, 9.17) is 10.8 Å². The summed E-state index contributed by atoms with van der Waals surface area (Å²) in [6, 6.07) is 27.3. The average molecular weight is 348 g/mol. The van der Waals surface area contributed by atoms with Crippen LogP contribution in [0.4, 0.5) is 16.2 Å². The van der Waals surface area contributed by atoms with Gasteiger partial charge in [-0.3, -0.25) is 9.69 Å². The number of carboxylic acid groups (broad SMARTS) is 1. The third-order valence-corrected chi connectivity index (χ3v) is 3.45. The van der Waals surface area contributed by atoms with Crippen LogP contribution in [0.1, 0.15) is 5.56 Å². The lowest BCUT2D eigenvalue weighted by molar-refractivity contribution is -0.136. The predicted molar refractivity (Wildman–Crippen MR) is 102 cm³/mol. The number of urea groups is 1. The minimum absolute atomic E-state index is 0.112. The van der Waals surface area contributed by atoms with Gasteiger partial charge < -0.3 is 10.8 Å². The van der Waals surface area contributed by atoms with Crippen molar-refractivity contribution in [2.45, 2.75) is 6.42 Å². The lowest BCUT2D eigenvalue weighted by Gasteiger charge is -2.20. The number of anilines is 2. The van der Waals surface area contributed by atoms with Crippen molar-refractivity contribution >= 4 is 23.4 Å². The topological polar surface area (TPSA) is 83.6 Å². The van der Waals surface area contributed by atoms with E-state index in [0.29, 0.717) is 0 Å². The summed E-state index contributed by atoms with van der Waals surface area (Å²) in [5, 5.41) is 8.37. The fourth-order valence-corrected chi connectivity index (χ4v) is 2.33. The second kappa shape index (κ2) is 9.64. The maximum Gasteiger partial charge on any atom is 0.323 e. The monoisotopic (exact) mass is 348 g/mol. The van der Waals surface area contributed by atoms with Gasteiger partial charge in [0.1, 0.15) is 0 Å². The van der Waals surface area contributed by atoms with E-state index in [1.54, 1.807) is 12.1 Å². The Kier molecular flexibility index (Phi) is 6.94. The Balaban J connectivity index is 0.000000209. The molecule has 0 fully saturated rings. The normalized spacial score (nSPS) is 9.54. The van der Waals surface area contributed by atoms with Crippen molar-refractivity contribution in [1.82, 2.24) is 0 Å². The largest absolute Gasteiger partial charge is 0.481 e. The van der Waals surface area contributed by atoms with E-state index in [1.165, 1.54) is 4.90 Å². The molecule has 3 aromatic carbocycles. The molecular formula is C21H20N2O3. The molecule has 0 aliphatic rings. The SMILES string of the molecule is NC(=O)N(c1ccccc1)c1ccccc1.O=C(O)Cc1ccccc1. The van der Waals surface area contributed by atoms with Gasteiger partial charge in [0.2, 0.25) is 0 Å². The van der Waals surface area contributed by atoms with Crippen molar-refractivity contribution in [3.05, 3.63) is 96.6 Å². The highest BCUT2D eigenvalue weighted by Crippen LogP contribution is 2.24. The Labute approximate surface area is 152 Å². The number of para-hydroxylation sites is 2. The number of aliphatic carboxylic acids is 1. The van der Waals surface area contributed by atoms with Gasteiger partial charge in [0.15, 0.2) is 0 Å². The third-order valence-electron chi connectivity index (χ3n) is 3.45. The number of nitrogens with two attached hydrogens (primary N) is 1. The van der Waals surface area contributed by atoms with Crippen molar-refractivity contribution < 1.29 is 14.7 Å². The molecule has 0 bridgehead atoms. The minimum atomic E-state index is -0.786. The quantitative estimate of drug-likeness (QED) is 0.740. The Morgan fingerprint density at radius 2 is 1.12 bits per heavy atom. The Bertz CT molecular complexity index is 782. The lowest BCUT2D eigenvalue weighted by Crippen LogP contribution is -2.31. The predicted octanol–water partition coefficient (Wildman–Crippen LogP) is 4.22. The van der Waals surface area contributed by atoms with E-state index in [0.717, 1.165) is 16.9 Å². The molecule has 0 spiro atoms. The second-order valence-corrected chi connectivity index (χ2v) is 5.40. The molecule has 0 aliphatic heterocycles. The number of hydrogen-bond acceptors (Lipinski definition) is 2. The van der Waals surface area contributed by atoms with E-state index in [9.17, 15) is 9.59 Å². The van der Waals surface area contributed by atoms with Crippen molar-refractivity contribution in [3.8, 4) is 0 Å². The zero-order valence-corrected chi connectivity index (χ0v) is 14.2. The van der Waals surface area contributed by atoms with Crippen LogP contribution in [0.5, 0.6) is 0 Å². The van der Waals surface area contributed by atoms with E-state index in [-0.39, 0.29) is 6.42 Å².